The second kappa shape index (κ2) is 6.35. The van der Waals surface area contributed by atoms with Gasteiger partial charge in [-0.05, 0) is 19.1 Å². The van der Waals surface area contributed by atoms with Gasteiger partial charge in [0.1, 0.15) is 17.4 Å². The van der Waals surface area contributed by atoms with Crippen LogP contribution in [0.25, 0.3) is 0 Å². The Morgan fingerprint density at radius 3 is 3.00 bits per heavy atom. The summed E-state index contributed by atoms with van der Waals surface area (Å²) in [6.45, 7) is 2.04. The third-order valence-corrected chi connectivity index (χ3v) is 2.35. The Morgan fingerprint density at radius 2 is 2.39 bits per heavy atom. The standard InChI is InChI=1S/C12H15N3O3/c1-8(15-12(16)17)5-6-18-11-4-2-3-10(14)9(11)7-13/h2-4,8,15H,5-6,14H2,1H3,(H,16,17). The Hall–Kier alpha value is -2.42. The van der Waals surface area contributed by atoms with E-state index in [-0.39, 0.29) is 6.04 Å². The van der Waals surface area contributed by atoms with Crippen LogP contribution in [0.4, 0.5) is 10.5 Å². The number of nitrogens with zero attached hydrogens (tertiary/aromatic N) is 1. The van der Waals surface area contributed by atoms with Crippen LogP contribution in [0.15, 0.2) is 18.2 Å². The SMILES string of the molecule is CC(CCOc1cccc(N)c1C#N)NC(=O)O. The van der Waals surface area contributed by atoms with Crippen molar-refractivity contribution in [1.29, 1.82) is 5.26 Å². The number of carbonyl (C=O) groups is 1. The molecule has 96 valence electrons. The van der Waals surface area contributed by atoms with E-state index in [9.17, 15) is 4.79 Å². The average Bonchev–Trinajstić information content (AvgIpc) is 2.28. The van der Waals surface area contributed by atoms with E-state index in [0.717, 1.165) is 0 Å². The van der Waals surface area contributed by atoms with Crippen LogP contribution >= 0.6 is 0 Å². The van der Waals surface area contributed by atoms with Crippen LogP contribution in [0.1, 0.15) is 18.9 Å². The molecule has 4 N–H and O–H groups in total. The van der Waals surface area contributed by atoms with Crippen molar-refractivity contribution < 1.29 is 14.6 Å². The number of anilines is 1. The summed E-state index contributed by atoms with van der Waals surface area (Å²) in [6, 6.07) is 6.74. The monoisotopic (exact) mass is 249 g/mol. The molecule has 1 aromatic rings. The molecule has 0 bridgehead atoms. The number of hydrogen-bond donors (Lipinski definition) is 3. The minimum atomic E-state index is -1.07. The fourth-order valence-electron chi connectivity index (χ4n) is 1.42. The molecule has 0 aliphatic heterocycles. The van der Waals surface area contributed by atoms with E-state index in [1.165, 1.54) is 0 Å². The number of amides is 1. The average molecular weight is 249 g/mol. The van der Waals surface area contributed by atoms with E-state index < -0.39 is 6.09 Å². The maximum Gasteiger partial charge on any atom is 0.404 e. The molecule has 0 radical (unpaired) electrons. The smallest absolute Gasteiger partial charge is 0.404 e. The molecule has 0 aliphatic carbocycles. The number of nitrogens with two attached hydrogens (primary N) is 1. The van der Waals surface area contributed by atoms with E-state index >= 15 is 0 Å². The molecule has 1 aromatic carbocycles. The van der Waals surface area contributed by atoms with Gasteiger partial charge in [-0.3, -0.25) is 0 Å². The van der Waals surface area contributed by atoms with Gasteiger partial charge in [0.15, 0.2) is 0 Å². The lowest BCUT2D eigenvalue weighted by Crippen LogP contribution is -2.32. The number of nitrogens with one attached hydrogen (secondary N) is 1. The first-order chi connectivity index (χ1) is 8.54. The zero-order chi connectivity index (χ0) is 13.5. The molecule has 0 spiro atoms. The summed E-state index contributed by atoms with van der Waals surface area (Å²) in [5.41, 5.74) is 6.31. The highest BCUT2D eigenvalue weighted by atomic mass is 16.5. The lowest BCUT2D eigenvalue weighted by Gasteiger charge is -2.13. The van der Waals surface area contributed by atoms with Gasteiger partial charge in [0.25, 0.3) is 0 Å². The first kappa shape index (κ1) is 13.6. The summed E-state index contributed by atoms with van der Waals surface area (Å²) in [4.78, 5) is 10.4. The number of rotatable bonds is 5. The lowest BCUT2D eigenvalue weighted by molar-refractivity contribution is 0.188. The zero-order valence-electron chi connectivity index (χ0n) is 10.0. The lowest BCUT2D eigenvalue weighted by atomic mass is 10.2. The highest BCUT2D eigenvalue weighted by Crippen LogP contribution is 2.23. The summed E-state index contributed by atoms with van der Waals surface area (Å²) < 4.78 is 5.43. The fourth-order valence-corrected chi connectivity index (χ4v) is 1.42. The highest BCUT2D eigenvalue weighted by molar-refractivity contribution is 5.64. The quantitative estimate of drug-likeness (QED) is 0.686. The third kappa shape index (κ3) is 3.87. The van der Waals surface area contributed by atoms with E-state index in [4.69, 9.17) is 20.8 Å². The number of hydrogen-bond acceptors (Lipinski definition) is 4. The van der Waals surface area contributed by atoms with Crippen molar-refractivity contribution in [1.82, 2.24) is 5.32 Å². The molecular weight excluding hydrogens is 234 g/mol. The van der Waals surface area contributed by atoms with Gasteiger partial charge in [-0.15, -0.1) is 0 Å². The Bertz CT molecular complexity index is 468. The number of nitriles is 1. The summed E-state index contributed by atoms with van der Waals surface area (Å²) in [7, 11) is 0. The van der Waals surface area contributed by atoms with Gasteiger partial charge in [-0.1, -0.05) is 6.07 Å². The molecule has 0 saturated carbocycles. The van der Waals surface area contributed by atoms with Gasteiger partial charge in [-0.2, -0.15) is 5.26 Å². The van der Waals surface area contributed by atoms with Gasteiger partial charge in [-0.25, -0.2) is 4.79 Å². The van der Waals surface area contributed by atoms with Gasteiger partial charge < -0.3 is 20.9 Å². The molecule has 0 aromatic heterocycles. The van der Waals surface area contributed by atoms with Crippen LogP contribution < -0.4 is 15.8 Å². The van der Waals surface area contributed by atoms with E-state index in [1.54, 1.807) is 25.1 Å². The summed E-state index contributed by atoms with van der Waals surface area (Å²) in [5.74, 6) is 0.417. The molecule has 18 heavy (non-hydrogen) atoms. The van der Waals surface area contributed by atoms with Gasteiger partial charge in [0.2, 0.25) is 0 Å². The van der Waals surface area contributed by atoms with Gasteiger partial charge >= 0.3 is 6.09 Å². The van der Waals surface area contributed by atoms with Crippen molar-refractivity contribution in [3.8, 4) is 11.8 Å². The molecule has 0 fully saturated rings. The van der Waals surface area contributed by atoms with E-state index in [2.05, 4.69) is 5.32 Å². The fraction of sp³-hybridized carbons (Fsp3) is 0.333. The molecule has 0 heterocycles. The van der Waals surface area contributed by atoms with Crippen molar-refractivity contribution in [2.75, 3.05) is 12.3 Å². The number of ether oxygens (including phenoxy) is 1. The second-order valence-corrected chi connectivity index (χ2v) is 3.82. The van der Waals surface area contributed by atoms with Crippen molar-refractivity contribution in [2.24, 2.45) is 0 Å². The minimum absolute atomic E-state index is 0.214. The normalized spacial score (nSPS) is 11.3. The van der Waals surface area contributed by atoms with Crippen LogP contribution in [0.2, 0.25) is 0 Å². The summed E-state index contributed by atoms with van der Waals surface area (Å²) in [6.07, 6.45) is -0.560. The van der Waals surface area contributed by atoms with Gasteiger partial charge in [0, 0.05) is 12.5 Å². The molecular formula is C12H15N3O3. The van der Waals surface area contributed by atoms with Crippen molar-refractivity contribution >= 4 is 11.8 Å². The maximum atomic E-state index is 10.4. The van der Waals surface area contributed by atoms with E-state index in [0.29, 0.717) is 30.0 Å². The summed E-state index contributed by atoms with van der Waals surface area (Å²) in [5, 5.41) is 19.7. The predicted octanol–water partition coefficient (Wildman–Crippen LogP) is 1.57. The topological polar surface area (TPSA) is 108 Å². The second-order valence-electron chi connectivity index (χ2n) is 3.82. The molecule has 1 unspecified atom stereocenters. The molecule has 1 rings (SSSR count). The third-order valence-electron chi connectivity index (χ3n) is 2.35. The van der Waals surface area contributed by atoms with Crippen molar-refractivity contribution in [3.05, 3.63) is 23.8 Å². The largest absolute Gasteiger partial charge is 0.492 e. The zero-order valence-corrected chi connectivity index (χ0v) is 10.0. The van der Waals surface area contributed by atoms with Gasteiger partial charge in [0.05, 0.1) is 12.3 Å². The Labute approximate surface area is 105 Å². The van der Waals surface area contributed by atoms with Crippen LogP contribution in [0.5, 0.6) is 5.75 Å². The Balaban J connectivity index is 2.52. The number of nitrogen functional groups attached to an aromatic ring is 1. The van der Waals surface area contributed by atoms with E-state index in [1.807, 2.05) is 6.07 Å². The molecule has 1 atom stereocenters. The first-order valence-corrected chi connectivity index (χ1v) is 5.45. The molecule has 0 saturated heterocycles. The number of benzene rings is 1. The molecule has 6 heteroatoms. The number of carboxylic acid groups (broad SMARTS) is 1. The van der Waals surface area contributed by atoms with Crippen molar-refractivity contribution in [2.45, 2.75) is 19.4 Å². The molecule has 6 nitrogen and oxygen atoms in total. The first-order valence-electron chi connectivity index (χ1n) is 5.45. The van der Waals surface area contributed by atoms with Crippen LogP contribution in [-0.2, 0) is 0 Å². The van der Waals surface area contributed by atoms with Crippen LogP contribution in [-0.4, -0.2) is 23.8 Å². The maximum absolute atomic E-state index is 10.4. The minimum Gasteiger partial charge on any atom is -0.492 e. The van der Waals surface area contributed by atoms with Crippen molar-refractivity contribution in [3.63, 3.8) is 0 Å². The molecule has 0 aliphatic rings. The predicted molar refractivity (Wildman–Crippen MR) is 66.3 cm³/mol. The Morgan fingerprint density at radius 1 is 1.67 bits per heavy atom. The highest BCUT2D eigenvalue weighted by Gasteiger charge is 2.08. The molecule has 1 amide bonds. The van der Waals surface area contributed by atoms with Crippen LogP contribution in [0, 0.1) is 11.3 Å². The summed E-state index contributed by atoms with van der Waals surface area (Å²) >= 11 is 0. The Kier molecular flexibility index (Phi) is 4.81. The van der Waals surface area contributed by atoms with Crippen LogP contribution in [0.3, 0.4) is 0 Å².